The normalized spacial score (nSPS) is 12.4. The predicted molar refractivity (Wildman–Crippen MR) is 62.3 cm³/mol. The molecule has 1 N–H and O–H groups in total. The summed E-state index contributed by atoms with van der Waals surface area (Å²) < 4.78 is 1.93. The van der Waals surface area contributed by atoms with Crippen molar-refractivity contribution in [2.24, 2.45) is 7.05 Å². The first kappa shape index (κ1) is 11.8. The number of aromatic nitrogens is 2. The molecule has 3 heteroatoms. The van der Waals surface area contributed by atoms with Crippen LogP contribution in [0.25, 0.3) is 0 Å². The van der Waals surface area contributed by atoms with Gasteiger partial charge in [-0.2, -0.15) is 5.10 Å². The zero-order chi connectivity index (χ0) is 11.3. The molecule has 0 aliphatic rings. The molecule has 0 bridgehead atoms. The summed E-state index contributed by atoms with van der Waals surface area (Å²) in [5.41, 5.74) is 2.34. The first-order chi connectivity index (χ1) is 7.17. The number of nitrogens with zero attached hydrogens (tertiary/aromatic N) is 2. The van der Waals surface area contributed by atoms with Gasteiger partial charge in [0.05, 0.1) is 11.4 Å². The van der Waals surface area contributed by atoms with Crippen molar-refractivity contribution in [2.75, 3.05) is 0 Å². The van der Waals surface area contributed by atoms with E-state index in [2.05, 4.69) is 36.2 Å². The zero-order valence-corrected chi connectivity index (χ0v) is 9.75. The second-order valence-corrected chi connectivity index (χ2v) is 3.79. The number of aryl methyl sites for hydroxylation is 2. The van der Waals surface area contributed by atoms with Gasteiger partial charge in [-0.15, -0.1) is 12.3 Å². The van der Waals surface area contributed by atoms with E-state index >= 15 is 0 Å². The Kier molecular flexibility index (Phi) is 4.38. The van der Waals surface area contributed by atoms with Crippen LogP contribution in [0.1, 0.15) is 31.7 Å². The Morgan fingerprint density at radius 3 is 2.93 bits per heavy atom. The molecule has 1 aromatic heterocycles. The van der Waals surface area contributed by atoms with Crippen LogP contribution in [0.5, 0.6) is 0 Å². The fourth-order valence-corrected chi connectivity index (χ4v) is 1.44. The van der Waals surface area contributed by atoms with Crippen LogP contribution in [0.2, 0.25) is 0 Å². The Hall–Kier alpha value is -1.27. The van der Waals surface area contributed by atoms with Gasteiger partial charge in [-0.1, -0.05) is 6.92 Å². The van der Waals surface area contributed by atoms with Gasteiger partial charge in [-0.3, -0.25) is 4.68 Å². The molecule has 0 spiro atoms. The van der Waals surface area contributed by atoms with Gasteiger partial charge in [0.1, 0.15) is 0 Å². The van der Waals surface area contributed by atoms with Crippen molar-refractivity contribution in [3.05, 3.63) is 17.5 Å². The molecule has 0 saturated heterocycles. The zero-order valence-electron chi connectivity index (χ0n) is 9.75. The van der Waals surface area contributed by atoms with E-state index in [4.69, 9.17) is 6.42 Å². The van der Waals surface area contributed by atoms with Crippen LogP contribution in [0, 0.1) is 12.3 Å². The Bertz CT molecular complexity index is 346. The molecule has 1 atom stereocenters. The molecule has 0 aromatic carbocycles. The Balaban J connectivity index is 2.50. The maximum atomic E-state index is 5.25. The average molecular weight is 205 g/mol. The predicted octanol–water partition coefficient (Wildman–Crippen LogP) is 1.48. The summed E-state index contributed by atoms with van der Waals surface area (Å²) in [6.45, 7) is 5.03. The number of rotatable bonds is 5. The summed E-state index contributed by atoms with van der Waals surface area (Å²) in [6, 6.07) is 2.49. The second kappa shape index (κ2) is 5.57. The van der Waals surface area contributed by atoms with Gasteiger partial charge in [0.2, 0.25) is 0 Å². The van der Waals surface area contributed by atoms with E-state index in [0.29, 0.717) is 6.04 Å². The smallest absolute Gasteiger partial charge is 0.0625 e. The molecule has 1 heterocycles. The van der Waals surface area contributed by atoms with Gasteiger partial charge in [0, 0.05) is 26.1 Å². The highest BCUT2D eigenvalue weighted by molar-refractivity contribution is 5.10. The number of hydrogen-bond acceptors (Lipinski definition) is 2. The molecule has 0 fully saturated rings. The fourth-order valence-electron chi connectivity index (χ4n) is 1.44. The topological polar surface area (TPSA) is 29.9 Å². The second-order valence-electron chi connectivity index (χ2n) is 3.79. The van der Waals surface area contributed by atoms with Crippen LogP contribution in [0.3, 0.4) is 0 Å². The molecule has 0 saturated carbocycles. The summed E-state index contributed by atoms with van der Waals surface area (Å²) in [5.74, 6) is 2.65. The molecule has 1 rings (SSSR count). The summed E-state index contributed by atoms with van der Waals surface area (Å²) in [5, 5.41) is 7.76. The first-order valence-electron chi connectivity index (χ1n) is 5.36. The van der Waals surface area contributed by atoms with Crippen molar-refractivity contribution in [3.8, 4) is 12.3 Å². The summed E-state index contributed by atoms with van der Waals surface area (Å²) in [6.07, 6.45) is 6.99. The molecule has 3 nitrogen and oxygen atoms in total. The number of nitrogens with one attached hydrogen (secondary N) is 1. The van der Waals surface area contributed by atoms with Gasteiger partial charge in [-0.05, 0) is 19.4 Å². The Morgan fingerprint density at radius 2 is 2.40 bits per heavy atom. The van der Waals surface area contributed by atoms with E-state index in [1.807, 2.05) is 11.7 Å². The van der Waals surface area contributed by atoms with E-state index in [1.54, 1.807) is 0 Å². The highest BCUT2D eigenvalue weighted by atomic mass is 15.3. The Morgan fingerprint density at radius 1 is 1.67 bits per heavy atom. The highest BCUT2D eigenvalue weighted by Crippen LogP contribution is 2.04. The van der Waals surface area contributed by atoms with Crippen LogP contribution in [0.15, 0.2) is 6.07 Å². The van der Waals surface area contributed by atoms with Crippen LogP contribution in [0.4, 0.5) is 0 Å². The third kappa shape index (κ3) is 3.41. The lowest BCUT2D eigenvalue weighted by Gasteiger charge is -2.10. The van der Waals surface area contributed by atoms with Crippen LogP contribution in [-0.4, -0.2) is 15.8 Å². The van der Waals surface area contributed by atoms with Gasteiger partial charge in [0.15, 0.2) is 0 Å². The van der Waals surface area contributed by atoms with Crippen LogP contribution < -0.4 is 5.32 Å². The summed E-state index contributed by atoms with van der Waals surface area (Å²) in [7, 11) is 1.97. The van der Waals surface area contributed by atoms with E-state index in [1.165, 1.54) is 5.69 Å². The van der Waals surface area contributed by atoms with Crippen molar-refractivity contribution < 1.29 is 0 Å². The van der Waals surface area contributed by atoms with Crippen molar-refractivity contribution in [3.63, 3.8) is 0 Å². The molecule has 0 radical (unpaired) electrons. The van der Waals surface area contributed by atoms with Gasteiger partial charge >= 0.3 is 0 Å². The molecule has 15 heavy (non-hydrogen) atoms. The minimum Gasteiger partial charge on any atom is -0.308 e. The van der Waals surface area contributed by atoms with Gasteiger partial charge in [0.25, 0.3) is 0 Å². The SMILES string of the molecule is C#CCC(C)NCc1cc(CC)nn1C. The minimum absolute atomic E-state index is 0.356. The van der Waals surface area contributed by atoms with Crippen molar-refractivity contribution >= 4 is 0 Å². The van der Waals surface area contributed by atoms with E-state index < -0.39 is 0 Å². The fraction of sp³-hybridized carbons (Fsp3) is 0.583. The molecule has 0 amide bonds. The number of terminal acetylenes is 1. The first-order valence-corrected chi connectivity index (χ1v) is 5.36. The van der Waals surface area contributed by atoms with Crippen molar-refractivity contribution in [2.45, 2.75) is 39.3 Å². The maximum absolute atomic E-state index is 5.25. The summed E-state index contributed by atoms with van der Waals surface area (Å²) >= 11 is 0. The van der Waals surface area contributed by atoms with Gasteiger partial charge in [-0.25, -0.2) is 0 Å². The molecule has 1 aromatic rings. The lowest BCUT2D eigenvalue weighted by molar-refractivity contribution is 0.536. The highest BCUT2D eigenvalue weighted by Gasteiger charge is 2.05. The van der Waals surface area contributed by atoms with Gasteiger partial charge < -0.3 is 5.32 Å². The summed E-state index contributed by atoms with van der Waals surface area (Å²) in [4.78, 5) is 0. The molecular formula is C12H19N3. The third-order valence-corrected chi connectivity index (χ3v) is 2.45. The lowest BCUT2D eigenvalue weighted by atomic mass is 10.2. The van der Waals surface area contributed by atoms with Crippen molar-refractivity contribution in [1.29, 1.82) is 0 Å². The maximum Gasteiger partial charge on any atom is 0.0625 e. The molecule has 82 valence electrons. The van der Waals surface area contributed by atoms with E-state index in [0.717, 1.165) is 25.1 Å². The molecule has 0 aliphatic heterocycles. The van der Waals surface area contributed by atoms with E-state index in [9.17, 15) is 0 Å². The third-order valence-electron chi connectivity index (χ3n) is 2.45. The minimum atomic E-state index is 0.356. The largest absolute Gasteiger partial charge is 0.308 e. The average Bonchev–Trinajstić information content (AvgIpc) is 2.57. The Labute approximate surface area is 91.9 Å². The molecule has 0 aliphatic carbocycles. The van der Waals surface area contributed by atoms with Crippen molar-refractivity contribution in [1.82, 2.24) is 15.1 Å². The monoisotopic (exact) mass is 205 g/mol. The van der Waals surface area contributed by atoms with E-state index in [-0.39, 0.29) is 0 Å². The van der Waals surface area contributed by atoms with Crippen LogP contribution in [-0.2, 0) is 20.0 Å². The number of hydrogen-bond donors (Lipinski definition) is 1. The standard InChI is InChI=1S/C12H19N3/c1-5-7-10(3)13-9-12-8-11(6-2)14-15(12)4/h1,8,10,13H,6-7,9H2,2-4H3. The molecular weight excluding hydrogens is 186 g/mol. The van der Waals surface area contributed by atoms with Crippen LogP contribution >= 0.6 is 0 Å². The lowest BCUT2D eigenvalue weighted by Crippen LogP contribution is -2.25. The quantitative estimate of drug-likeness (QED) is 0.738. The molecule has 1 unspecified atom stereocenters.